The molecular formula is C17H10ClF3N4. The maximum absolute atomic E-state index is 13.2. The minimum Gasteiger partial charge on any atom is -0.297 e. The number of fused-ring (bicyclic) bond motifs is 4. The predicted molar refractivity (Wildman–Crippen MR) is 91.3 cm³/mol. The highest BCUT2D eigenvalue weighted by Gasteiger charge is 2.32. The molecule has 0 bridgehead atoms. The molecule has 4 aromatic rings. The van der Waals surface area contributed by atoms with Gasteiger partial charge in [-0.15, -0.1) is 0 Å². The maximum Gasteiger partial charge on any atom is 0.417 e. The molecule has 0 saturated heterocycles. The van der Waals surface area contributed by atoms with Crippen molar-refractivity contribution in [2.75, 3.05) is 0 Å². The van der Waals surface area contributed by atoms with E-state index in [0.29, 0.717) is 33.3 Å². The molecule has 0 amide bonds. The van der Waals surface area contributed by atoms with E-state index in [1.54, 1.807) is 18.2 Å². The molecule has 0 aliphatic carbocycles. The number of alkyl halides is 3. The number of nitrogens with zero attached hydrogens (tertiary/aromatic N) is 4. The number of rotatable bonds is 2. The van der Waals surface area contributed by atoms with Crippen LogP contribution in [0.25, 0.3) is 27.7 Å². The van der Waals surface area contributed by atoms with Gasteiger partial charge in [-0.2, -0.15) is 13.2 Å². The first-order valence-electron chi connectivity index (χ1n) is 7.29. The Labute approximate surface area is 144 Å². The normalized spacial score (nSPS) is 12.3. The zero-order chi connectivity index (χ0) is 17.8. The zero-order valence-corrected chi connectivity index (χ0v) is 13.4. The molecule has 0 fully saturated rings. The molecule has 4 rings (SSSR count). The molecule has 4 nitrogen and oxygen atoms in total. The molecule has 0 aliphatic heterocycles. The fourth-order valence-corrected chi connectivity index (χ4v) is 3.23. The lowest BCUT2D eigenvalue weighted by Crippen LogP contribution is -2.07. The second-order valence-electron chi connectivity index (χ2n) is 5.54. The standard InChI is InChI=1S/C17H10ClF3N4/c1-22-7-10-14-16(24-13-5-3-2-4-12(13)23-14)25-8-9(17(19,20)21)6-11(18)15(10)25/h2-6,8H,1,7H2. The van der Waals surface area contributed by atoms with Crippen LogP contribution in [0, 0.1) is 0 Å². The van der Waals surface area contributed by atoms with E-state index in [0.717, 1.165) is 12.3 Å². The summed E-state index contributed by atoms with van der Waals surface area (Å²) in [4.78, 5) is 12.9. The monoisotopic (exact) mass is 362 g/mol. The number of aromatic nitrogens is 3. The Balaban J connectivity index is 2.22. The van der Waals surface area contributed by atoms with E-state index in [-0.39, 0.29) is 11.6 Å². The van der Waals surface area contributed by atoms with Gasteiger partial charge >= 0.3 is 6.18 Å². The molecule has 126 valence electrons. The third kappa shape index (κ3) is 2.42. The number of aliphatic imine (C=N–C) groups is 1. The van der Waals surface area contributed by atoms with Gasteiger partial charge in [0.05, 0.1) is 33.7 Å². The molecule has 0 radical (unpaired) electrons. The summed E-state index contributed by atoms with van der Waals surface area (Å²) < 4.78 is 40.8. The Morgan fingerprint density at radius 2 is 1.84 bits per heavy atom. The van der Waals surface area contributed by atoms with Crippen molar-refractivity contribution in [3.63, 3.8) is 0 Å². The zero-order valence-electron chi connectivity index (χ0n) is 12.7. The highest BCUT2D eigenvalue weighted by Crippen LogP contribution is 2.36. The van der Waals surface area contributed by atoms with Gasteiger partial charge < -0.3 is 0 Å². The van der Waals surface area contributed by atoms with Crippen molar-refractivity contribution in [3.05, 3.63) is 52.7 Å². The molecule has 1 aromatic carbocycles. The summed E-state index contributed by atoms with van der Waals surface area (Å²) in [6.45, 7) is 3.64. The van der Waals surface area contributed by atoms with Gasteiger partial charge in [-0.3, -0.25) is 9.39 Å². The molecule has 8 heteroatoms. The largest absolute Gasteiger partial charge is 0.417 e. The van der Waals surface area contributed by atoms with Crippen molar-refractivity contribution in [3.8, 4) is 0 Å². The Kier molecular flexibility index (Phi) is 3.43. The van der Waals surface area contributed by atoms with E-state index in [1.165, 1.54) is 4.40 Å². The van der Waals surface area contributed by atoms with Crippen LogP contribution in [0.2, 0.25) is 5.02 Å². The lowest BCUT2D eigenvalue weighted by atomic mass is 10.2. The second-order valence-corrected chi connectivity index (χ2v) is 5.95. The molecule has 0 aliphatic rings. The topological polar surface area (TPSA) is 42.5 Å². The van der Waals surface area contributed by atoms with Gasteiger partial charge in [-0.1, -0.05) is 23.7 Å². The van der Waals surface area contributed by atoms with Gasteiger partial charge in [0, 0.05) is 11.8 Å². The lowest BCUT2D eigenvalue weighted by Gasteiger charge is -2.09. The summed E-state index contributed by atoms with van der Waals surface area (Å²) in [5.41, 5.74) is 2.15. The van der Waals surface area contributed by atoms with E-state index in [9.17, 15) is 13.2 Å². The van der Waals surface area contributed by atoms with Gasteiger partial charge in [0.2, 0.25) is 0 Å². The Hall–Kier alpha value is -2.67. The first kappa shape index (κ1) is 15.8. The molecule has 0 atom stereocenters. The SMILES string of the molecule is C=NCc1c2nc3ccccc3nc2n2cc(C(F)(F)F)cc(Cl)c12. The van der Waals surface area contributed by atoms with Crippen molar-refractivity contribution >= 4 is 46.0 Å². The summed E-state index contributed by atoms with van der Waals surface area (Å²) in [5, 5.41) is -0.0302. The van der Waals surface area contributed by atoms with Crippen LogP contribution in [0.3, 0.4) is 0 Å². The lowest BCUT2D eigenvalue weighted by molar-refractivity contribution is -0.137. The van der Waals surface area contributed by atoms with Crippen molar-refractivity contribution in [2.45, 2.75) is 12.7 Å². The van der Waals surface area contributed by atoms with Crippen LogP contribution in [0.15, 0.2) is 41.5 Å². The van der Waals surface area contributed by atoms with Gasteiger partial charge in [0.25, 0.3) is 0 Å². The second kappa shape index (κ2) is 5.42. The molecular weight excluding hydrogens is 353 g/mol. The number of halogens is 4. The maximum atomic E-state index is 13.2. The smallest absolute Gasteiger partial charge is 0.297 e. The van der Waals surface area contributed by atoms with Crippen molar-refractivity contribution < 1.29 is 13.2 Å². The van der Waals surface area contributed by atoms with Gasteiger partial charge in [0.1, 0.15) is 5.52 Å². The molecule has 0 N–H and O–H groups in total. The Morgan fingerprint density at radius 3 is 2.48 bits per heavy atom. The van der Waals surface area contributed by atoms with E-state index < -0.39 is 11.7 Å². The fraction of sp³-hybridized carbons (Fsp3) is 0.118. The summed E-state index contributed by atoms with van der Waals surface area (Å²) in [7, 11) is 0. The Morgan fingerprint density at radius 1 is 1.16 bits per heavy atom. The van der Waals surface area contributed by atoms with Gasteiger partial charge in [-0.25, -0.2) is 9.97 Å². The van der Waals surface area contributed by atoms with Gasteiger partial charge in [-0.05, 0) is 24.9 Å². The average molecular weight is 363 g/mol. The molecule has 0 spiro atoms. The summed E-state index contributed by atoms with van der Waals surface area (Å²) >= 11 is 6.17. The third-order valence-electron chi connectivity index (χ3n) is 3.97. The van der Waals surface area contributed by atoms with Crippen LogP contribution in [0.5, 0.6) is 0 Å². The number of hydrogen-bond donors (Lipinski definition) is 0. The van der Waals surface area contributed by atoms with E-state index in [1.807, 2.05) is 6.07 Å². The number of pyridine rings is 1. The summed E-state index contributed by atoms with van der Waals surface area (Å²) in [6, 6.07) is 8.06. The summed E-state index contributed by atoms with van der Waals surface area (Å²) in [5.74, 6) is 0. The average Bonchev–Trinajstić information content (AvgIpc) is 2.86. The van der Waals surface area contributed by atoms with Crippen LogP contribution in [-0.2, 0) is 12.7 Å². The van der Waals surface area contributed by atoms with Crippen LogP contribution in [0.1, 0.15) is 11.1 Å². The van der Waals surface area contributed by atoms with Crippen LogP contribution < -0.4 is 0 Å². The first-order chi connectivity index (χ1) is 11.9. The highest BCUT2D eigenvalue weighted by atomic mass is 35.5. The van der Waals surface area contributed by atoms with Gasteiger partial charge in [0.15, 0.2) is 5.65 Å². The molecule has 3 aromatic heterocycles. The van der Waals surface area contributed by atoms with E-state index >= 15 is 0 Å². The van der Waals surface area contributed by atoms with Crippen molar-refractivity contribution in [1.82, 2.24) is 14.4 Å². The number of benzene rings is 1. The van der Waals surface area contributed by atoms with Crippen LogP contribution in [0.4, 0.5) is 13.2 Å². The first-order valence-corrected chi connectivity index (χ1v) is 7.66. The van der Waals surface area contributed by atoms with E-state index in [4.69, 9.17) is 11.6 Å². The molecule has 25 heavy (non-hydrogen) atoms. The molecule has 3 heterocycles. The highest BCUT2D eigenvalue weighted by molar-refractivity contribution is 6.34. The third-order valence-corrected chi connectivity index (χ3v) is 4.25. The quantitative estimate of drug-likeness (QED) is 0.475. The summed E-state index contributed by atoms with van der Waals surface area (Å²) in [6.07, 6.45) is -3.53. The Bertz CT molecular complexity index is 1150. The minimum atomic E-state index is -4.52. The van der Waals surface area contributed by atoms with Crippen molar-refractivity contribution in [1.29, 1.82) is 0 Å². The minimum absolute atomic E-state index is 0.0302. The predicted octanol–water partition coefficient (Wildman–Crippen LogP) is 4.91. The van der Waals surface area contributed by atoms with Crippen LogP contribution in [-0.4, -0.2) is 21.1 Å². The van der Waals surface area contributed by atoms with Crippen molar-refractivity contribution in [2.24, 2.45) is 4.99 Å². The number of para-hydroxylation sites is 2. The number of hydrogen-bond acceptors (Lipinski definition) is 3. The molecule has 0 saturated carbocycles. The van der Waals surface area contributed by atoms with E-state index in [2.05, 4.69) is 21.7 Å². The fourth-order valence-electron chi connectivity index (χ4n) is 2.91. The van der Waals surface area contributed by atoms with Crippen LogP contribution >= 0.6 is 11.6 Å². The molecule has 0 unspecified atom stereocenters.